The van der Waals surface area contributed by atoms with E-state index in [9.17, 15) is 10.1 Å². The van der Waals surface area contributed by atoms with Gasteiger partial charge in [0.05, 0.1) is 17.9 Å². The van der Waals surface area contributed by atoms with Gasteiger partial charge in [0, 0.05) is 6.61 Å². The average Bonchev–Trinajstić information content (AvgIpc) is 2.59. The van der Waals surface area contributed by atoms with Gasteiger partial charge in [0.2, 0.25) is 0 Å². The molecule has 1 atom stereocenters. The van der Waals surface area contributed by atoms with E-state index in [4.69, 9.17) is 9.47 Å². The molecule has 1 aromatic carbocycles. The molecule has 0 aliphatic heterocycles. The molecule has 1 rings (SSSR count). The van der Waals surface area contributed by atoms with Crippen LogP contribution in [0.3, 0.4) is 0 Å². The van der Waals surface area contributed by atoms with E-state index in [0.29, 0.717) is 42.6 Å². The highest BCUT2D eigenvalue weighted by Gasteiger charge is 2.33. The van der Waals surface area contributed by atoms with E-state index in [1.54, 1.807) is 25.1 Å². The zero-order chi connectivity index (χ0) is 18.9. The lowest BCUT2D eigenvalue weighted by Gasteiger charge is -2.28. The predicted octanol–water partition coefficient (Wildman–Crippen LogP) is 4.52. The van der Waals surface area contributed by atoms with Gasteiger partial charge in [-0.1, -0.05) is 33.6 Å². The van der Waals surface area contributed by atoms with Crippen LogP contribution >= 0.6 is 0 Å². The first kappa shape index (κ1) is 21.0. The molecular weight excluding hydrogens is 316 g/mol. The molecule has 1 amide bonds. The summed E-state index contributed by atoms with van der Waals surface area (Å²) >= 11 is 0. The number of nitrogens with zero attached hydrogens (tertiary/aromatic N) is 1. The van der Waals surface area contributed by atoms with E-state index in [-0.39, 0.29) is 5.91 Å². The number of amides is 1. The second kappa shape index (κ2) is 10.0. The molecule has 5 heteroatoms. The molecule has 138 valence electrons. The molecule has 0 fully saturated rings. The Morgan fingerprint density at radius 2 is 2.08 bits per heavy atom. The highest BCUT2D eigenvalue weighted by Crippen LogP contribution is 2.26. The fourth-order valence-electron chi connectivity index (χ4n) is 2.42. The number of carbonyl (C=O) groups is 1. The minimum atomic E-state index is -0.899. The maximum atomic E-state index is 12.7. The van der Waals surface area contributed by atoms with Gasteiger partial charge < -0.3 is 14.8 Å². The molecule has 1 aromatic rings. The molecule has 0 unspecified atom stereocenters. The lowest BCUT2D eigenvalue weighted by molar-refractivity contribution is -0.139. The molecule has 25 heavy (non-hydrogen) atoms. The number of ether oxygens (including phenoxy) is 2. The van der Waals surface area contributed by atoms with Crippen molar-refractivity contribution in [3.8, 4) is 11.8 Å². The van der Waals surface area contributed by atoms with Crippen LogP contribution in [0.25, 0.3) is 0 Å². The maximum Gasteiger partial charge on any atom is 0.256 e. The van der Waals surface area contributed by atoms with Crippen LogP contribution in [0, 0.1) is 17.2 Å². The number of nitriles is 1. The second-order valence-electron chi connectivity index (χ2n) is 6.75. The van der Waals surface area contributed by atoms with Gasteiger partial charge in [-0.2, -0.15) is 5.26 Å². The summed E-state index contributed by atoms with van der Waals surface area (Å²) in [7, 11) is 0. The number of hydrogen-bond donors (Lipinski definition) is 1. The topological polar surface area (TPSA) is 71.3 Å². The lowest BCUT2D eigenvalue weighted by Crippen LogP contribution is -2.43. The number of hydrogen-bond acceptors (Lipinski definition) is 4. The molecule has 0 saturated heterocycles. The first-order valence-electron chi connectivity index (χ1n) is 8.98. The van der Waals surface area contributed by atoms with E-state index in [1.807, 2.05) is 6.92 Å². The number of benzene rings is 1. The molecule has 0 heterocycles. The molecule has 5 nitrogen and oxygen atoms in total. The Kier molecular flexibility index (Phi) is 8.44. The quantitative estimate of drug-likeness (QED) is 0.676. The molecular formula is C20H30N2O3. The van der Waals surface area contributed by atoms with Crippen molar-refractivity contribution in [3.05, 3.63) is 23.8 Å². The van der Waals surface area contributed by atoms with Crippen molar-refractivity contribution < 1.29 is 14.3 Å². The highest BCUT2D eigenvalue weighted by molar-refractivity contribution is 5.98. The Hall–Kier alpha value is -2.06. The van der Waals surface area contributed by atoms with Crippen LogP contribution in [-0.2, 0) is 9.53 Å². The number of rotatable bonds is 10. The van der Waals surface area contributed by atoms with Gasteiger partial charge in [-0.05, 0) is 44.4 Å². The van der Waals surface area contributed by atoms with Crippen molar-refractivity contribution in [2.45, 2.75) is 59.5 Å². The summed E-state index contributed by atoms with van der Waals surface area (Å²) < 4.78 is 11.3. The lowest BCUT2D eigenvalue weighted by atomic mass is 9.97. The van der Waals surface area contributed by atoms with E-state index in [2.05, 4.69) is 32.2 Å². The van der Waals surface area contributed by atoms with Gasteiger partial charge in [-0.3, -0.25) is 4.79 Å². The van der Waals surface area contributed by atoms with Crippen molar-refractivity contribution in [1.29, 1.82) is 5.26 Å². The van der Waals surface area contributed by atoms with E-state index < -0.39 is 5.60 Å². The normalized spacial score (nSPS) is 13.2. The molecule has 0 aliphatic carbocycles. The summed E-state index contributed by atoms with van der Waals surface area (Å²) in [5.41, 5.74) is -0.0413. The van der Waals surface area contributed by atoms with Crippen molar-refractivity contribution in [1.82, 2.24) is 0 Å². The standard InChI is InChI=1S/C20H30N2O3/c1-6-8-11-20(5,25-7-2)19(23)22-18-10-9-17(12-16(18)13-21)24-14-15(3)4/h9-10,12,15H,6-8,11,14H2,1-5H3,(H,22,23)/t20-/m0/s1. The third-order valence-corrected chi connectivity index (χ3v) is 3.89. The molecule has 0 aliphatic rings. The van der Waals surface area contributed by atoms with E-state index in [0.717, 1.165) is 12.8 Å². The summed E-state index contributed by atoms with van der Waals surface area (Å²) in [6.45, 7) is 10.9. The zero-order valence-electron chi connectivity index (χ0n) is 16.0. The van der Waals surface area contributed by atoms with Crippen LogP contribution in [0.15, 0.2) is 18.2 Å². The first-order chi connectivity index (χ1) is 11.9. The number of anilines is 1. The Morgan fingerprint density at radius 1 is 1.36 bits per heavy atom. The average molecular weight is 346 g/mol. The van der Waals surface area contributed by atoms with Gasteiger partial charge in [0.25, 0.3) is 5.91 Å². The Morgan fingerprint density at radius 3 is 2.64 bits per heavy atom. The van der Waals surface area contributed by atoms with Gasteiger partial charge >= 0.3 is 0 Å². The van der Waals surface area contributed by atoms with Gasteiger partial charge in [-0.15, -0.1) is 0 Å². The largest absolute Gasteiger partial charge is 0.493 e. The van der Waals surface area contributed by atoms with Gasteiger partial charge in [-0.25, -0.2) is 0 Å². The summed E-state index contributed by atoms with van der Waals surface area (Å²) in [6.07, 6.45) is 2.53. The Labute approximate surface area is 151 Å². The molecule has 0 radical (unpaired) electrons. The summed E-state index contributed by atoms with van der Waals surface area (Å²) in [5, 5.41) is 12.2. The SMILES string of the molecule is CCCC[C@](C)(OCC)C(=O)Nc1ccc(OCC(C)C)cc1C#N. The number of unbranched alkanes of at least 4 members (excludes halogenated alkanes) is 1. The Balaban J connectivity index is 2.92. The molecule has 0 spiro atoms. The maximum absolute atomic E-state index is 12.7. The molecule has 0 aromatic heterocycles. The predicted molar refractivity (Wildman–Crippen MR) is 99.7 cm³/mol. The first-order valence-corrected chi connectivity index (χ1v) is 8.98. The summed E-state index contributed by atoms with van der Waals surface area (Å²) in [4.78, 5) is 12.7. The molecule has 1 N–H and O–H groups in total. The van der Waals surface area contributed by atoms with Crippen LogP contribution in [0.1, 0.15) is 59.4 Å². The van der Waals surface area contributed by atoms with E-state index >= 15 is 0 Å². The van der Waals surface area contributed by atoms with Crippen LogP contribution in [0.4, 0.5) is 5.69 Å². The van der Waals surface area contributed by atoms with Crippen molar-refractivity contribution >= 4 is 11.6 Å². The van der Waals surface area contributed by atoms with Crippen LogP contribution in [-0.4, -0.2) is 24.7 Å². The van der Waals surface area contributed by atoms with Crippen LogP contribution in [0.2, 0.25) is 0 Å². The third-order valence-electron chi connectivity index (χ3n) is 3.89. The monoisotopic (exact) mass is 346 g/mol. The fraction of sp³-hybridized carbons (Fsp3) is 0.600. The van der Waals surface area contributed by atoms with Crippen LogP contribution < -0.4 is 10.1 Å². The molecule has 0 saturated carbocycles. The summed E-state index contributed by atoms with van der Waals surface area (Å²) in [6, 6.07) is 7.25. The fourth-order valence-corrected chi connectivity index (χ4v) is 2.42. The third kappa shape index (κ3) is 6.39. The number of nitrogens with one attached hydrogen (secondary N) is 1. The van der Waals surface area contributed by atoms with Crippen molar-refractivity contribution in [2.75, 3.05) is 18.5 Å². The summed E-state index contributed by atoms with van der Waals surface area (Å²) in [5.74, 6) is 0.798. The van der Waals surface area contributed by atoms with Gasteiger partial charge in [0.1, 0.15) is 17.4 Å². The molecule has 0 bridgehead atoms. The Bertz CT molecular complexity index is 607. The zero-order valence-corrected chi connectivity index (χ0v) is 16.0. The minimum absolute atomic E-state index is 0.227. The smallest absolute Gasteiger partial charge is 0.256 e. The highest BCUT2D eigenvalue weighted by atomic mass is 16.5. The van der Waals surface area contributed by atoms with Gasteiger partial charge in [0.15, 0.2) is 0 Å². The number of carbonyl (C=O) groups excluding carboxylic acids is 1. The van der Waals surface area contributed by atoms with Crippen LogP contribution in [0.5, 0.6) is 5.75 Å². The van der Waals surface area contributed by atoms with Crippen molar-refractivity contribution in [2.24, 2.45) is 5.92 Å². The van der Waals surface area contributed by atoms with E-state index in [1.165, 1.54) is 0 Å². The minimum Gasteiger partial charge on any atom is -0.493 e. The van der Waals surface area contributed by atoms with Crippen molar-refractivity contribution in [3.63, 3.8) is 0 Å². The second-order valence-corrected chi connectivity index (χ2v) is 6.75.